The van der Waals surface area contributed by atoms with Gasteiger partial charge in [0.2, 0.25) is 0 Å². The Morgan fingerprint density at radius 1 is 1.33 bits per heavy atom. The Morgan fingerprint density at radius 2 is 2.19 bits per heavy atom. The molecule has 3 aromatic rings. The van der Waals surface area contributed by atoms with E-state index in [2.05, 4.69) is 37.9 Å². The SMILES string of the molecule is CCNC(=NCc1csc(N(C)C)n1)NCCc1c[nH]c2ccc(Cl)cc12. The van der Waals surface area contributed by atoms with E-state index in [1.54, 1.807) is 11.3 Å². The summed E-state index contributed by atoms with van der Waals surface area (Å²) in [6.45, 7) is 4.22. The molecule has 0 amide bonds. The van der Waals surface area contributed by atoms with Gasteiger partial charge >= 0.3 is 0 Å². The Bertz CT molecular complexity index is 914. The summed E-state index contributed by atoms with van der Waals surface area (Å²) in [5.74, 6) is 0.801. The van der Waals surface area contributed by atoms with Crippen molar-refractivity contribution >= 4 is 44.9 Å². The Labute approximate surface area is 168 Å². The molecular formula is C19H25ClN6S. The van der Waals surface area contributed by atoms with Crippen LogP contribution in [0, 0.1) is 0 Å². The Hall–Kier alpha value is -2.25. The van der Waals surface area contributed by atoms with E-state index in [-0.39, 0.29) is 0 Å². The number of nitrogens with one attached hydrogen (secondary N) is 3. The van der Waals surface area contributed by atoms with Crippen molar-refractivity contribution in [3.05, 3.63) is 46.1 Å². The molecule has 0 saturated heterocycles. The van der Waals surface area contributed by atoms with Gasteiger partial charge in [0.15, 0.2) is 11.1 Å². The Kier molecular flexibility index (Phi) is 6.58. The van der Waals surface area contributed by atoms with E-state index in [0.717, 1.165) is 46.8 Å². The zero-order valence-electron chi connectivity index (χ0n) is 15.8. The zero-order valence-corrected chi connectivity index (χ0v) is 17.4. The number of rotatable bonds is 7. The van der Waals surface area contributed by atoms with Crippen molar-refractivity contribution in [1.29, 1.82) is 0 Å². The minimum Gasteiger partial charge on any atom is -0.361 e. The van der Waals surface area contributed by atoms with Crippen LogP contribution in [0.5, 0.6) is 0 Å². The van der Waals surface area contributed by atoms with E-state index < -0.39 is 0 Å². The fourth-order valence-corrected chi connectivity index (χ4v) is 3.67. The molecule has 6 nitrogen and oxygen atoms in total. The molecule has 0 aliphatic carbocycles. The van der Waals surface area contributed by atoms with Crippen LogP contribution in [0.3, 0.4) is 0 Å². The number of benzene rings is 1. The predicted octanol–water partition coefficient (Wildman–Crippen LogP) is 3.64. The maximum atomic E-state index is 6.13. The van der Waals surface area contributed by atoms with Gasteiger partial charge in [-0.15, -0.1) is 11.3 Å². The summed E-state index contributed by atoms with van der Waals surface area (Å²) < 4.78 is 0. The highest BCUT2D eigenvalue weighted by molar-refractivity contribution is 7.13. The summed E-state index contributed by atoms with van der Waals surface area (Å²) in [6.07, 6.45) is 2.93. The molecule has 0 aliphatic rings. The van der Waals surface area contributed by atoms with Crippen LogP contribution in [-0.4, -0.2) is 43.1 Å². The van der Waals surface area contributed by atoms with Gasteiger partial charge in [0.1, 0.15) is 0 Å². The van der Waals surface area contributed by atoms with Crippen LogP contribution >= 0.6 is 22.9 Å². The lowest BCUT2D eigenvalue weighted by Crippen LogP contribution is -2.38. The van der Waals surface area contributed by atoms with Crippen LogP contribution < -0.4 is 15.5 Å². The molecule has 2 aromatic heterocycles. The number of thiazole rings is 1. The molecule has 8 heteroatoms. The number of fused-ring (bicyclic) bond motifs is 1. The van der Waals surface area contributed by atoms with Crippen molar-refractivity contribution in [1.82, 2.24) is 20.6 Å². The maximum absolute atomic E-state index is 6.13. The number of hydrogen-bond acceptors (Lipinski definition) is 4. The van der Waals surface area contributed by atoms with E-state index in [4.69, 9.17) is 11.6 Å². The fourth-order valence-electron chi connectivity index (χ4n) is 2.75. The third kappa shape index (κ3) is 5.14. The molecule has 0 saturated carbocycles. The Balaban J connectivity index is 1.59. The number of aromatic nitrogens is 2. The van der Waals surface area contributed by atoms with Gasteiger partial charge in [-0.3, -0.25) is 0 Å². The number of halogens is 1. The summed E-state index contributed by atoms with van der Waals surface area (Å²) in [5.41, 5.74) is 3.33. The number of guanidine groups is 1. The number of anilines is 1. The number of aliphatic imine (C=N–C) groups is 1. The van der Waals surface area contributed by atoms with Gasteiger partial charge < -0.3 is 20.5 Å². The molecule has 1 aromatic carbocycles. The first kappa shape index (κ1) is 19.5. The minimum atomic E-state index is 0.558. The first-order chi connectivity index (χ1) is 13.1. The second-order valence-corrected chi connectivity index (χ2v) is 7.66. The Morgan fingerprint density at radius 3 is 2.93 bits per heavy atom. The molecule has 144 valence electrons. The average molecular weight is 405 g/mol. The molecule has 0 unspecified atom stereocenters. The van der Waals surface area contributed by atoms with Crippen LogP contribution in [0.15, 0.2) is 34.8 Å². The summed E-state index contributed by atoms with van der Waals surface area (Å²) in [6, 6.07) is 5.92. The van der Waals surface area contributed by atoms with E-state index in [1.165, 1.54) is 10.9 Å². The van der Waals surface area contributed by atoms with Crippen LogP contribution in [0.4, 0.5) is 5.13 Å². The first-order valence-electron chi connectivity index (χ1n) is 8.96. The smallest absolute Gasteiger partial charge is 0.191 e. The second-order valence-electron chi connectivity index (χ2n) is 6.39. The average Bonchev–Trinajstić information content (AvgIpc) is 3.27. The molecule has 0 radical (unpaired) electrons. The normalized spacial score (nSPS) is 11.8. The molecule has 27 heavy (non-hydrogen) atoms. The lowest BCUT2D eigenvalue weighted by molar-refractivity contribution is 0.799. The molecule has 0 aliphatic heterocycles. The summed E-state index contributed by atoms with van der Waals surface area (Å²) in [5, 5.41) is 11.7. The van der Waals surface area contributed by atoms with Crippen molar-refractivity contribution in [2.75, 3.05) is 32.1 Å². The van der Waals surface area contributed by atoms with Crippen LogP contribution in [0.1, 0.15) is 18.2 Å². The fraction of sp³-hybridized carbons (Fsp3) is 0.368. The molecular weight excluding hydrogens is 380 g/mol. The van der Waals surface area contributed by atoms with Gasteiger partial charge in [-0.1, -0.05) is 11.6 Å². The third-order valence-electron chi connectivity index (χ3n) is 4.08. The van der Waals surface area contributed by atoms with Gasteiger partial charge in [-0.25, -0.2) is 9.98 Å². The van der Waals surface area contributed by atoms with Crippen LogP contribution in [-0.2, 0) is 13.0 Å². The standard InChI is InChI=1S/C19H25ClN6S/c1-4-21-18(24-11-15-12-27-19(25-15)26(2)3)22-8-7-13-10-23-17-6-5-14(20)9-16(13)17/h5-6,9-10,12,23H,4,7-8,11H2,1-3H3,(H2,21,22,24). The molecule has 2 heterocycles. The number of aromatic amines is 1. The third-order valence-corrected chi connectivity index (χ3v) is 5.37. The summed E-state index contributed by atoms with van der Waals surface area (Å²) in [7, 11) is 3.99. The van der Waals surface area contributed by atoms with Gasteiger partial charge in [0, 0.05) is 54.7 Å². The molecule has 3 rings (SSSR count). The quantitative estimate of drug-likeness (QED) is 0.415. The van der Waals surface area contributed by atoms with Crippen molar-refractivity contribution < 1.29 is 0 Å². The van der Waals surface area contributed by atoms with E-state index in [9.17, 15) is 0 Å². The number of nitrogens with zero attached hydrogens (tertiary/aromatic N) is 3. The summed E-state index contributed by atoms with van der Waals surface area (Å²) in [4.78, 5) is 14.5. The monoisotopic (exact) mass is 404 g/mol. The molecule has 0 atom stereocenters. The highest BCUT2D eigenvalue weighted by Gasteiger charge is 2.06. The van der Waals surface area contributed by atoms with E-state index in [1.807, 2.05) is 43.4 Å². The van der Waals surface area contributed by atoms with Crippen LogP contribution in [0.2, 0.25) is 5.02 Å². The lowest BCUT2D eigenvalue weighted by Gasteiger charge is -2.11. The second kappa shape index (κ2) is 9.10. The van der Waals surface area contributed by atoms with Crippen molar-refractivity contribution in [3.63, 3.8) is 0 Å². The van der Waals surface area contributed by atoms with Crippen molar-refractivity contribution in [2.45, 2.75) is 19.9 Å². The highest BCUT2D eigenvalue weighted by atomic mass is 35.5. The van der Waals surface area contributed by atoms with Gasteiger partial charge in [0.25, 0.3) is 0 Å². The van der Waals surface area contributed by atoms with E-state index >= 15 is 0 Å². The van der Waals surface area contributed by atoms with Crippen molar-refractivity contribution in [2.24, 2.45) is 4.99 Å². The number of H-pyrrole nitrogens is 1. The molecule has 3 N–H and O–H groups in total. The van der Waals surface area contributed by atoms with Gasteiger partial charge in [-0.05, 0) is 37.1 Å². The highest BCUT2D eigenvalue weighted by Crippen LogP contribution is 2.22. The first-order valence-corrected chi connectivity index (χ1v) is 10.2. The van der Waals surface area contributed by atoms with E-state index in [0.29, 0.717) is 6.54 Å². The lowest BCUT2D eigenvalue weighted by atomic mass is 10.1. The molecule has 0 bridgehead atoms. The topological polar surface area (TPSA) is 68.3 Å². The zero-order chi connectivity index (χ0) is 19.2. The predicted molar refractivity (Wildman–Crippen MR) is 116 cm³/mol. The van der Waals surface area contributed by atoms with Gasteiger partial charge in [0.05, 0.1) is 12.2 Å². The largest absolute Gasteiger partial charge is 0.361 e. The molecule has 0 fully saturated rings. The minimum absolute atomic E-state index is 0.558. The maximum Gasteiger partial charge on any atom is 0.191 e. The summed E-state index contributed by atoms with van der Waals surface area (Å²) >= 11 is 7.76. The molecule has 0 spiro atoms. The van der Waals surface area contributed by atoms with Gasteiger partial charge in [-0.2, -0.15) is 0 Å². The van der Waals surface area contributed by atoms with Crippen LogP contribution in [0.25, 0.3) is 10.9 Å². The number of hydrogen-bond donors (Lipinski definition) is 3. The van der Waals surface area contributed by atoms with Crippen molar-refractivity contribution in [3.8, 4) is 0 Å².